The topological polar surface area (TPSA) is 89.3 Å². The summed E-state index contributed by atoms with van der Waals surface area (Å²) >= 11 is 4.83. The predicted octanol–water partition coefficient (Wildman–Crippen LogP) is 0.368. The van der Waals surface area contributed by atoms with Crippen molar-refractivity contribution in [3.8, 4) is 0 Å². The fourth-order valence-corrected chi connectivity index (χ4v) is 3.55. The van der Waals surface area contributed by atoms with E-state index in [1.807, 2.05) is 0 Å². The lowest BCUT2D eigenvalue weighted by atomic mass is 10.2. The van der Waals surface area contributed by atoms with Crippen molar-refractivity contribution in [1.82, 2.24) is 4.72 Å². The van der Waals surface area contributed by atoms with Gasteiger partial charge in [-0.2, -0.15) is 0 Å². The minimum atomic E-state index is -3.65. The first-order chi connectivity index (χ1) is 8.84. The molecule has 0 fully saturated rings. The second kappa shape index (κ2) is 7.09. The third-order valence-corrected chi connectivity index (χ3v) is 4.95. The Morgan fingerprint density at radius 1 is 1.42 bits per heavy atom. The Kier molecular flexibility index (Phi) is 6.05. The second-order valence-electron chi connectivity index (χ2n) is 3.89. The summed E-state index contributed by atoms with van der Waals surface area (Å²) in [7, 11) is -4.58. The van der Waals surface area contributed by atoms with E-state index in [0.717, 1.165) is 0 Å². The third kappa shape index (κ3) is 4.98. The van der Waals surface area contributed by atoms with Crippen LogP contribution in [0.15, 0.2) is 29.2 Å². The Bertz CT molecular complexity index is 585. The van der Waals surface area contributed by atoms with E-state index in [1.165, 1.54) is 6.07 Å². The monoisotopic (exact) mass is 320 g/mol. The maximum Gasteiger partial charge on any atom is 0.241 e. The van der Waals surface area contributed by atoms with Gasteiger partial charge in [-0.3, -0.25) is 4.21 Å². The minimum absolute atomic E-state index is 0.0376. The minimum Gasteiger partial charge on any atom is -0.389 e. The van der Waals surface area contributed by atoms with Gasteiger partial charge in [-0.1, -0.05) is 30.4 Å². The first-order valence-electron chi connectivity index (χ1n) is 5.53. The zero-order valence-corrected chi connectivity index (χ0v) is 12.9. The van der Waals surface area contributed by atoms with Crippen molar-refractivity contribution < 1.29 is 12.6 Å². The normalized spacial score (nSPS) is 13.1. The molecule has 0 bridgehead atoms. The fraction of sp³-hybridized carbons (Fsp3) is 0.364. The summed E-state index contributed by atoms with van der Waals surface area (Å²) in [6.45, 7) is 0.230. The molecule has 19 heavy (non-hydrogen) atoms. The molecule has 0 saturated carbocycles. The van der Waals surface area contributed by atoms with E-state index in [0.29, 0.717) is 17.7 Å². The Balaban J connectivity index is 2.83. The molecule has 1 rings (SSSR count). The standard InChI is InChI=1S/C11H16N2O3S3/c1-18(14)8-4-7-13-19(15,16)10-6-3-2-5-9(10)11(12)17/h2-3,5-6,13H,4,7-8H2,1H3,(H2,12,17). The Hall–Kier alpha value is -0.830. The van der Waals surface area contributed by atoms with Gasteiger partial charge in [0.15, 0.2) is 0 Å². The molecule has 0 aliphatic rings. The molecular weight excluding hydrogens is 304 g/mol. The predicted molar refractivity (Wildman–Crippen MR) is 81.1 cm³/mol. The van der Waals surface area contributed by atoms with Crippen molar-refractivity contribution in [2.45, 2.75) is 11.3 Å². The molecule has 1 unspecified atom stereocenters. The van der Waals surface area contributed by atoms with Gasteiger partial charge in [0.2, 0.25) is 10.0 Å². The van der Waals surface area contributed by atoms with Crippen LogP contribution in [0, 0.1) is 0 Å². The molecule has 1 aromatic rings. The molecule has 3 N–H and O–H groups in total. The molecule has 0 amide bonds. The van der Waals surface area contributed by atoms with E-state index in [1.54, 1.807) is 24.5 Å². The van der Waals surface area contributed by atoms with Crippen LogP contribution in [0.25, 0.3) is 0 Å². The fourth-order valence-electron chi connectivity index (χ4n) is 1.46. The van der Waals surface area contributed by atoms with Crippen LogP contribution in [0.3, 0.4) is 0 Å². The molecule has 106 valence electrons. The number of thiocarbonyl (C=S) groups is 1. The van der Waals surface area contributed by atoms with Crippen molar-refractivity contribution in [3.05, 3.63) is 29.8 Å². The smallest absolute Gasteiger partial charge is 0.241 e. The van der Waals surface area contributed by atoms with E-state index in [-0.39, 0.29) is 16.4 Å². The van der Waals surface area contributed by atoms with Crippen LogP contribution in [-0.2, 0) is 20.8 Å². The lowest BCUT2D eigenvalue weighted by Gasteiger charge is -2.10. The molecule has 0 aliphatic heterocycles. The molecule has 0 aliphatic carbocycles. The maximum atomic E-state index is 12.1. The highest BCUT2D eigenvalue weighted by molar-refractivity contribution is 7.89. The molecule has 0 aromatic heterocycles. The molecule has 8 heteroatoms. The highest BCUT2D eigenvalue weighted by Gasteiger charge is 2.18. The van der Waals surface area contributed by atoms with Crippen molar-refractivity contribution >= 4 is 38.0 Å². The summed E-state index contributed by atoms with van der Waals surface area (Å²) < 4.78 is 37.5. The molecule has 0 heterocycles. The summed E-state index contributed by atoms with van der Waals surface area (Å²) in [6, 6.07) is 6.30. The summed E-state index contributed by atoms with van der Waals surface area (Å²) in [5, 5.41) is 0. The molecule has 0 spiro atoms. The van der Waals surface area contributed by atoms with Crippen molar-refractivity contribution in [2.24, 2.45) is 5.73 Å². The number of rotatable bonds is 7. The molecule has 0 saturated heterocycles. The zero-order valence-electron chi connectivity index (χ0n) is 10.5. The third-order valence-electron chi connectivity index (χ3n) is 2.34. The molecule has 1 aromatic carbocycles. The average Bonchev–Trinajstić information content (AvgIpc) is 2.34. The van der Waals surface area contributed by atoms with Gasteiger partial charge < -0.3 is 5.73 Å². The van der Waals surface area contributed by atoms with Crippen LogP contribution < -0.4 is 10.5 Å². The first kappa shape index (κ1) is 16.2. The lowest BCUT2D eigenvalue weighted by molar-refractivity contribution is 0.580. The van der Waals surface area contributed by atoms with E-state index < -0.39 is 20.8 Å². The van der Waals surface area contributed by atoms with E-state index in [2.05, 4.69) is 4.72 Å². The van der Waals surface area contributed by atoms with E-state index in [4.69, 9.17) is 18.0 Å². The van der Waals surface area contributed by atoms with Gasteiger partial charge in [0, 0.05) is 34.9 Å². The summed E-state index contributed by atoms with van der Waals surface area (Å²) in [5.74, 6) is 0.458. The molecule has 1 atom stereocenters. The lowest BCUT2D eigenvalue weighted by Crippen LogP contribution is -2.28. The van der Waals surface area contributed by atoms with Crippen molar-refractivity contribution in [1.29, 1.82) is 0 Å². The molecular formula is C11H16N2O3S3. The zero-order chi connectivity index (χ0) is 14.5. The number of benzene rings is 1. The highest BCUT2D eigenvalue weighted by Crippen LogP contribution is 2.14. The van der Waals surface area contributed by atoms with Crippen LogP contribution in [0.2, 0.25) is 0 Å². The van der Waals surface area contributed by atoms with Gasteiger partial charge >= 0.3 is 0 Å². The first-order valence-corrected chi connectivity index (χ1v) is 9.15. The summed E-state index contributed by atoms with van der Waals surface area (Å²) in [6.07, 6.45) is 2.09. The second-order valence-corrected chi connectivity index (χ2v) is 7.62. The Morgan fingerprint density at radius 2 is 2.05 bits per heavy atom. The highest BCUT2D eigenvalue weighted by atomic mass is 32.2. The van der Waals surface area contributed by atoms with Crippen molar-refractivity contribution in [2.75, 3.05) is 18.6 Å². The quantitative estimate of drug-likeness (QED) is 0.559. The number of nitrogens with one attached hydrogen (secondary N) is 1. The Morgan fingerprint density at radius 3 is 2.63 bits per heavy atom. The SMILES string of the molecule is CS(=O)CCCNS(=O)(=O)c1ccccc1C(N)=S. The van der Waals surface area contributed by atoms with Crippen LogP contribution in [0.5, 0.6) is 0 Å². The van der Waals surface area contributed by atoms with Crippen molar-refractivity contribution in [3.63, 3.8) is 0 Å². The van der Waals surface area contributed by atoms with Crippen LogP contribution in [0.1, 0.15) is 12.0 Å². The molecule has 5 nitrogen and oxygen atoms in total. The van der Waals surface area contributed by atoms with Crippen LogP contribution in [0.4, 0.5) is 0 Å². The van der Waals surface area contributed by atoms with Crippen LogP contribution >= 0.6 is 12.2 Å². The number of nitrogens with two attached hydrogens (primary N) is 1. The average molecular weight is 320 g/mol. The van der Waals surface area contributed by atoms with Gasteiger partial charge in [-0.25, -0.2) is 13.1 Å². The number of hydrogen-bond acceptors (Lipinski definition) is 4. The summed E-state index contributed by atoms with van der Waals surface area (Å²) in [4.78, 5) is 0.107. The van der Waals surface area contributed by atoms with Gasteiger partial charge in [-0.15, -0.1) is 0 Å². The van der Waals surface area contributed by atoms with Crippen LogP contribution in [-0.4, -0.2) is 36.2 Å². The number of sulfonamides is 1. The molecule has 0 radical (unpaired) electrons. The maximum absolute atomic E-state index is 12.1. The summed E-state index contributed by atoms with van der Waals surface area (Å²) in [5.41, 5.74) is 5.83. The van der Waals surface area contributed by atoms with Gasteiger partial charge in [0.1, 0.15) is 4.99 Å². The number of hydrogen-bond donors (Lipinski definition) is 2. The van der Waals surface area contributed by atoms with E-state index >= 15 is 0 Å². The van der Waals surface area contributed by atoms with Gasteiger partial charge in [-0.05, 0) is 12.5 Å². The largest absolute Gasteiger partial charge is 0.389 e. The Labute approximate surface area is 121 Å². The van der Waals surface area contributed by atoms with Gasteiger partial charge in [0.05, 0.1) is 4.90 Å². The van der Waals surface area contributed by atoms with Gasteiger partial charge in [0.25, 0.3) is 0 Å². The van der Waals surface area contributed by atoms with E-state index in [9.17, 15) is 12.6 Å².